The van der Waals surface area contributed by atoms with Crippen LogP contribution in [0.15, 0.2) is 30.5 Å². The molecule has 31 heavy (non-hydrogen) atoms. The molecule has 2 amide bonds. The highest BCUT2D eigenvalue weighted by molar-refractivity contribution is 6.32. The number of halogens is 2. The molecule has 3 fully saturated rings. The van der Waals surface area contributed by atoms with Crippen molar-refractivity contribution in [2.24, 2.45) is 0 Å². The van der Waals surface area contributed by atoms with E-state index in [0.29, 0.717) is 23.3 Å². The SMILES string of the molecule is CN(C)C1(c2cccc(F)c2)CCC2(CC1)CN(c1cnc(C3CC3)nc1Cl)C(=O)N2. The second-order valence-electron chi connectivity index (χ2n) is 9.41. The normalized spacial score (nSPS) is 28.4. The number of benzene rings is 1. The molecule has 1 aliphatic heterocycles. The number of nitrogens with zero attached hydrogens (tertiary/aromatic N) is 4. The Kier molecular flexibility index (Phi) is 4.94. The molecule has 6 nitrogen and oxygen atoms in total. The topological polar surface area (TPSA) is 61.4 Å². The summed E-state index contributed by atoms with van der Waals surface area (Å²) in [5.41, 5.74) is 0.969. The Balaban J connectivity index is 1.36. The van der Waals surface area contributed by atoms with Gasteiger partial charge < -0.3 is 5.32 Å². The van der Waals surface area contributed by atoms with E-state index in [-0.39, 0.29) is 22.9 Å². The summed E-state index contributed by atoms with van der Waals surface area (Å²) in [6.07, 6.45) is 7.11. The summed E-state index contributed by atoms with van der Waals surface area (Å²) in [7, 11) is 4.09. The molecule has 1 spiro atoms. The van der Waals surface area contributed by atoms with Crippen molar-refractivity contribution in [1.29, 1.82) is 0 Å². The van der Waals surface area contributed by atoms with E-state index >= 15 is 0 Å². The largest absolute Gasteiger partial charge is 0.330 e. The Bertz CT molecular complexity index is 1020. The average molecular weight is 444 g/mol. The first-order valence-electron chi connectivity index (χ1n) is 10.9. The number of rotatable bonds is 4. The summed E-state index contributed by atoms with van der Waals surface area (Å²) < 4.78 is 14.0. The summed E-state index contributed by atoms with van der Waals surface area (Å²) in [4.78, 5) is 25.6. The van der Waals surface area contributed by atoms with Gasteiger partial charge in [-0.3, -0.25) is 9.80 Å². The highest BCUT2D eigenvalue weighted by Gasteiger charge is 2.50. The predicted octanol–water partition coefficient (Wildman–Crippen LogP) is 4.45. The monoisotopic (exact) mass is 443 g/mol. The van der Waals surface area contributed by atoms with Crippen molar-refractivity contribution in [2.75, 3.05) is 25.5 Å². The highest BCUT2D eigenvalue weighted by Crippen LogP contribution is 2.47. The third-order valence-corrected chi connectivity index (χ3v) is 7.58. The molecule has 0 atom stereocenters. The fraction of sp³-hybridized carbons (Fsp3) is 0.522. The molecule has 8 heteroatoms. The number of carbonyl (C=O) groups is 1. The lowest BCUT2D eigenvalue weighted by Crippen LogP contribution is -2.54. The maximum Gasteiger partial charge on any atom is 0.322 e. The van der Waals surface area contributed by atoms with Crippen LogP contribution in [0.2, 0.25) is 5.15 Å². The van der Waals surface area contributed by atoms with Gasteiger partial charge in [0.2, 0.25) is 0 Å². The van der Waals surface area contributed by atoms with Crippen molar-refractivity contribution in [2.45, 2.75) is 55.5 Å². The number of urea groups is 1. The fourth-order valence-electron chi connectivity index (χ4n) is 5.19. The minimum Gasteiger partial charge on any atom is -0.330 e. The average Bonchev–Trinajstić information content (AvgIpc) is 3.54. The van der Waals surface area contributed by atoms with Crippen LogP contribution in [0.25, 0.3) is 0 Å². The van der Waals surface area contributed by atoms with Crippen LogP contribution in [0.1, 0.15) is 55.8 Å². The van der Waals surface area contributed by atoms with E-state index in [2.05, 4.69) is 20.2 Å². The Hall–Kier alpha value is -2.25. The summed E-state index contributed by atoms with van der Waals surface area (Å²) >= 11 is 6.44. The molecule has 1 aromatic carbocycles. The first-order chi connectivity index (χ1) is 14.8. The zero-order valence-corrected chi connectivity index (χ0v) is 18.6. The van der Waals surface area contributed by atoms with Crippen LogP contribution in [-0.4, -0.2) is 47.1 Å². The number of hydrogen-bond donors (Lipinski definition) is 1. The van der Waals surface area contributed by atoms with Crippen LogP contribution >= 0.6 is 11.6 Å². The van der Waals surface area contributed by atoms with E-state index in [1.54, 1.807) is 23.2 Å². The van der Waals surface area contributed by atoms with E-state index < -0.39 is 0 Å². The van der Waals surface area contributed by atoms with E-state index in [0.717, 1.165) is 49.9 Å². The molecule has 1 saturated heterocycles. The molecule has 1 N–H and O–H groups in total. The van der Waals surface area contributed by atoms with Crippen LogP contribution < -0.4 is 10.2 Å². The van der Waals surface area contributed by atoms with Crippen LogP contribution in [0, 0.1) is 5.82 Å². The van der Waals surface area contributed by atoms with Crippen LogP contribution in [0.5, 0.6) is 0 Å². The third-order valence-electron chi connectivity index (χ3n) is 7.31. The van der Waals surface area contributed by atoms with E-state index in [1.807, 2.05) is 20.2 Å². The van der Waals surface area contributed by atoms with Gasteiger partial charge in [-0.15, -0.1) is 0 Å². The molecular formula is C23H27ClFN5O. The van der Waals surface area contributed by atoms with Gasteiger partial charge in [-0.1, -0.05) is 23.7 Å². The highest BCUT2D eigenvalue weighted by atomic mass is 35.5. The minimum absolute atomic E-state index is 0.159. The Morgan fingerprint density at radius 3 is 2.58 bits per heavy atom. The van der Waals surface area contributed by atoms with Gasteiger partial charge in [0.15, 0.2) is 5.15 Å². The van der Waals surface area contributed by atoms with Crippen molar-refractivity contribution in [3.8, 4) is 0 Å². The van der Waals surface area contributed by atoms with Crippen molar-refractivity contribution >= 4 is 23.3 Å². The molecular weight excluding hydrogens is 417 g/mol. The van der Waals surface area contributed by atoms with Gasteiger partial charge >= 0.3 is 6.03 Å². The quantitative estimate of drug-likeness (QED) is 0.709. The van der Waals surface area contributed by atoms with E-state index in [1.165, 1.54) is 6.07 Å². The first kappa shape index (κ1) is 20.6. The molecule has 0 unspecified atom stereocenters. The smallest absolute Gasteiger partial charge is 0.322 e. The standard InChI is InChI=1S/C23H27ClFN5O/c1-29(2)23(16-4-3-5-17(25)12-16)10-8-22(9-11-23)14-30(21(31)28-22)18-13-26-20(15-6-7-15)27-19(18)24/h3-5,12-13,15H,6-11,14H2,1-2H3,(H,28,31). The first-order valence-corrected chi connectivity index (χ1v) is 11.3. The van der Waals surface area contributed by atoms with E-state index in [9.17, 15) is 9.18 Å². The molecule has 0 radical (unpaired) electrons. The number of anilines is 1. The fourth-order valence-corrected chi connectivity index (χ4v) is 5.42. The summed E-state index contributed by atoms with van der Waals surface area (Å²) in [6.45, 7) is 0.532. The third kappa shape index (κ3) is 3.57. The van der Waals surface area contributed by atoms with Crippen LogP contribution in [-0.2, 0) is 5.54 Å². The van der Waals surface area contributed by atoms with Crippen molar-refractivity contribution in [3.05, 3.63) is 52.8 Å². The lowest BCUT2D eigenvalue weighted by Gasteiger charge is -2.48. The van der Waals surface area contributed by atoms with Crippen molar-refractivity contribution in [3.63, 3.8) is 0 Å². The van der Waals surface area contributed by atoms with E-state index in [4.69, 9.17) is 11.6 Å². The lowest BCUT2D eigenvalue weighted by atomic mass is 9.69. The maximum absolute atomic E-state index is 14.0. The van der Waals surface area contributed by atoms with Gasteiger partial charge in [0.25, 0.3) is 0 Å². The minimum atomic E-state index is -0.331. The van der Waals surface area contributed by atoms with Gasteiger partial charge in [-0.05, 0) is 70.3 Å². The Labute approximate surface area is 186 Å². The molecule has 164 valence electrons. The van der Waals surface area contributed by atoms with Gasteiger partial charge in [-0.2, -0.15) is 0 Å². The number of carbonyl (C=O) groups excluding carboxylic acids is 1. The lowest BCUT2D eigenvalue weighted by molar-refractivity contribution is 0.0655. The maximum atomic E-state index is 14.0. The van der Waals surface area contributed by atoms with Gasteiger partial charge in [0.1, 0.15) is 17.3 Å². The summed E-state index contributed by atoms with van der Waals surface area (Å²) in [6, 6.07) is 6.72. The number of hydrogen-bond acceptors (Lipinski definition) is 4. The molecule has 5 rings (SSSR count). The molecule has 0 bridgehead atoms. The molecule has 2 aliphatic carbocycles. The van der Waals surface area contributed by atoms with Gasteiger partial charge in [0, 0.05) is 11.5 Å². The van der Waals surface area contributed by atoms with Crippen molar-refractivity contribution in [1.82, 2.24) is 20.2 Å². The molecule has 2 heterocycles. The molecule has 2 aromatic rings. The van der Waals surface area contributed by atoms with Crippen LogP contribution in [0.3, 0.4) is 0 Å². The predicted molar refractivity (Wildman–Crippen MR) is 118 cm³/mol. The molecule has 2 saturated carbocycles. The molecule has 3 aliphatic rings. The Morgan fingerprint density at radius 1 is 1.23 bits per heavy atom. The molecule has 1 aromatic heterocycles. The van der Waals surface area contributed by atoms with Crippen LogP contribution in [0.4, 0.5) is 14.9 Å². The summed E-state index contributed by atoms with van der Waals surface area (Å²) in [5, 5.41) is 3.55. The van der Waals surface area contributed by atoms with Gasteiger partial charge in [-0.25, -0.2) is 19.2 Å². The summed E-state index contributed by atoms with van der Waals surface area (Å²) in [5.74, 6) is 0.959. The number of nitrogens with one attached hydrogen (secondary N) is 1. The second kappa shape index (κ2) is 7.41. The second-order valence-corrected chi connectivity index (χ2v) is 9.77. The zero-order valence-electron chi connectivity index (χ0n) is 17.9. The Morgan fingerprint density at radius 2 is 1.97 bits per heavy atom. The van der Waals surface area contributed by atoms with Crippen molar-refractivity contribution < 1.29 is 9.18 Å². The number of amides is 2. The zero-order chi connectivity index (χ0) is 21.8. The van der Waals surface area contributed by atoms with Gasteiger partial charge in [0.05, 0.1) is 18.3 Å². The number of aromatic nitrogens is 2.